The average Bonchev–Trinajstić information content (AvgIpc) is 3.30. The van der Waals surface area contributed by atoms with E-state index in [1.807, 2.05) is 0 Å². The minimum absolute atomic E-state index is 0.0297. The maximum Gasteiger partial charge on any atom is 0.416 e. The van der Waals surface area contributed by atoms with Crippen molar-refractivity contribution in [3.8, 4) is 5.69 Å². The number of aromatic nitrogens is 4. The number of H-pyrrole nitrogens is 1. The summed E-state index contributed by atoms with van der Waals surface area (Å²) < 4.78 is 42.6. The zero-order valence-electron chi connectivity index (χ0n) is 16.2. The number of hydrogen-bond donors (Lipinski definition) is 2. The van der Waals surface area contributed by atoms with Crippen LogP contribution in [0.1, 0.15) is 32.9 Å². The van der Waals surface area contributed by atoms with Crippen molar-refractivity contribution in [2.24, 2.45) is 0 Å². The minimum Gasteiger partial charge on any atom is -0.348 e. The van der Waals surface area contributed by atoms with Crippen LogP contribution in [0.4, 0.5) is 13.2 Å². The summed E-state index contributed by atoms with van der Waals surface area (Å²) in [5.74, 6) is -0.486. The Morgan fingerprint density at radius 2 is 1.97 bits per heavy atom. The van der Waals surface area contributed by atoms with Crippen molar-refractivity contribution in [2.75, 3.05) is 0 Å². The first-order chi connectivity index (χ1) is 14.2. The van der Waals surface area contributed by atoms with E-state index in [0.717, 1.165) is 17.1 Å². The predicted molar refractivity (Wildman–Crippen MR) is 105 cm³/mol. The van der Waals surface area contributed by atoms with Crippen LogP contribution in [0.5, 0.6) is 0 Å². The van der Waals surface area contributed by atoms with Gasteiger partial charge < -0.3 is 5.32 Å². The molecule has 0 aliphatic heterocycles. The van der Waals surface area contributed by atoms with Crippen LogP contribution in [0, 0.1) is 13.8 Å². The van der Waals surface area contributed by atoms with Gasteiger partial charge in [0.15, 0.2) is 0 Å². The second kappa shape index (κ2) is 7.33. The quantitative estimate of drug-likeness (QED) is 0.523. The van der Waals surface area contributed by atoms with Crippen LogP contribution in [-0.2, 0) is 12.7 Å². The van der Waals surface area contributed by atoms with E-state index in [1.54, 1.807) is 50.4 Å². The number of hydrogen-bond acceptors (Lipinski definition) is 3. The Balaban J connectivity index is 1.63. The number of alkyl halides is 3. The van der Waals surface area contributed by atoms with Crippen molar-refractivity contribution < 1.29 is 18.0 Å². The lowest BCUT2D eigenvalue weighted by atomic mass is 10.1. The van der Waals surface area contributed by atoms with E-state index in [9.17, 15) is 18.0 Å². The summed E-state index contributed by atoms with van der Waals surface area (Å²) in [5.41, 5.74) is 1.76. The summed E-state index contributed by atoms with van der Waals surface area (Å²) in [5, 5.41) is 14.2. The molecular formula is C21H18F3N5O. The number of rotatable bonds is 4. The zero-order chi connectivity index (χ0) is 21.5. The van der Waals surface area contributed by atoms with Gasteiger partial charge in [-0.2, -0.15) is 23.4 Å². The molecular weight excluding hydrogens is 395 g/mol. The number of carbonyl (C=O) groups is 1. The van der Waals surface area contributed by atoms with E-state index in [1.165, 1.54) is 10.7 Å². The third-order valence-electron chi connectivity index (χ3n) is 4.81. The molecule has 30 heavy (non-hydrogen) atoms. The van der Waals surface area contributed by atoms with Crippen LogP contribution < -0.4 is 5.32 Å². The largest absolute Gasteiger partial charge is 0.416 e. The number of benzene rings is 2. The SMILES string of the molecule is Cc1cc(C)n(-c2ccc(CNC(=O)c3cccc4cn[nH]c34)c(C(F)(F)F)c2)n1. The van der Waals surface area contributed by atoms with Gasteiger partial charge in [0, 0.05) is 17.6 Å². The summed E-state index contributed by atoms with van der Waals surface area (Å²) in [6, 6.07) is 10.8. The van der Waals surface area contributed by atoms with Gasteiger partial charge in [-0.1, -0.05) is 18.2 Å². The Morgan fingerprint density at radius 1 is 1.17 bits per heavy atom. The van der Waals surface area contributed by atoms with Crippen molar-refractivity contribution in [1.82, 2.24) is 25.3 Å². The first kappa shape index (κ1) is 19.7. The van der Waals surface area contributed by atoms with E-state index in [4.69, 9.17) is 0 Å². The number of halogens is 3. The summed E-state index contributed by atoms with van der Waals surface area (Å²) in [6.07, 6.45) is -3.00. The Morgan fingerprint density at radius 3 is 2.67 bits per heavy atom. The summed E-state index contributed by atoms with van der Waals surface area (Å²) in [7, 11) is 0. The van der Waals surface area contributed by atoms with Gasteiger partial charge in [-0.05, 0) is 43.7 Å². The highest BCUT2D eigenvalue weighted by molar-refractivity contribution is 6.05. The molecule has 1 amide bonds. The second-order valence-corrected chi connectivity index (χ2v) is 7.00. The molecule has 0 atom stereocenters. The van der Waals surface area contributed by atoms with E-state index in [-0.39, 0.29) is 12.1 Å². The molecule has 0 spiro atoms. The number of para-hydroxylation sites is 1. The number of carbonyl (C=O) groups excluding carboxylic acids is 1. The molecule has 2 N–H and O–H groups in total. The molecule has 0 radical (unpaired) electrons. The molecule has 2 aromatic carbocycles. The Hall–Kier alpha value is -3.62. The van der Waals surface area contributed by atoms with E-state index < -0.39 is 17.6 Å². The van der Waals surface area contributed by atoms with Crippen molar-refractivity contribution in [2.45, 2.75) is 26.6 Å². The first-order valence-corrected chi connectivity index (χ1v) is 9.18. The highest BCUT2D eigenvalue weighted by Crippen LogP contribution is 2.33. The highest BCUT2D eigenvalue weighted by Gasteiger charge is 2.34. The summed E-state index contributed by atoms with van der Waals surface area (Å²) in [4.78, 5) is 12.6. The molecule has 0 bridgehead atoms. The lowest BCUT2D eigenvalue weighted by Crippen LogP contribution is -2.25. The van der Waals surface area contributed by atoms with Crippen LogP contribution in [0.2, 0.25) is 0 Å². The normalized spacial score (nSPS) is 11.8. The number of nitrogens with one attached hydrogen (secondary N) is 2. The van der Waals surface area contributed by atoms with Gasteiger partial charge in [0.1, 0.15) is 0 Å². The molecule has 0 unspecified atom stereocenters. The molecule has 6 nitrogen and oxygen atoms in total. The van der Waals surface area contributed by atoms with E-state index in [2.05, 4.69) is 20.6 Å². The number of fused-ring (bicyclic) bond motifs is 1. The van der Waals surface area contributed by atoms with Gasteiger partial charge in [-0.3, -0.25) is 9.89 Å². The number of nitrogens with zero attached hydrogens (tertiary/aromatic N) is 3. The highest BCUT2D eigenvalue weighted by atomic mass is 19.4. The predicted octanol–water partition coefficient (Wildman–Crippen LogP) is 4.31. The van der Waals surface area contributed by atoms with Crippen molar-refractivity contribution >= 4 is 16.8 Å². The van der Waals surface area contributed by atoms with E-state index >= 15 is 0 Å². The zero-order valence-corrected chi connectivity index (χ0v) is 16.2. The third-order valence-corrected chi connectivity index (χ3v) is 4.81. The van der Waals surface area contributed by atoms with Gasteiger partial charge in [-0.15, -0.1) is 0 Å². The molecule has 0 fully saturated rings. The summed E-state index contributed by atoms with van der Waals surface area (Å²) >= 11 is 0. The Bertz CT molecular complexity index is 1240. The fourth-order valence-corrected chi connectivity index (χ4v) is 3.43. The standard InChI is InChI=1S/C21H18F3N5O/c1-12-8-13(2)29(28-12)16-7-6-14(18(9-16)21(22,23)24)10-25-20(30)17-5-3-4-15-11-26-27-19(15)17/h3-9,11H,10H2,1-2H3,(H,25,30)(H,26,27). The third kappa shape index (κ3) is 3.66. The number of amides is 1. The fourth-order valence-electron chi connectivity index (χ4n) is 3.43. The fraction of sp³-hybridized carbons (Fsp3) is 0.190. The topological polar surface area (TPSA) is 75.6 Å². The van der Waals surface area contributed by atoms with Crippen molar-refractivity contribution in [3.05, 3.63) is 76.7 Å². The molecule has 9 heteroatoms. The second-order valence-electron chi connectivity index (χ2n) is 7.00. The Kier molecular flexibility index (Phi) is 4.81. The number of aryl methyl sites for hydroxylation is 2. The molecule has 0 aliphatic carbocycles. The van der Waals surface area contributed by atoms with Gasteiger partial charge in [0.2, 0.25) is 0 Å². The monoisotopic (exact) mass is 413 g/mol. The number of aromatic amines is 1. The molecule has 154 valence electrons. The van der Waals surface area contributed by atoms with E-state index in [0.29, 0.717) is 22.5 Å². The molecule has 2 heterocycles. The maximum atomic E-state index is 13.7. The van der Waals surface area contributed by atoms with Gasteiger partial charge in [0.05, 0.1) is 34.2 Å². The molecule has 0 saturated carbocycles. The van der Waals surface area contributed by atoms with Crippen molar-refractivity contribution in [3.63, 3.8) is 0 Å². The summed E-state index contributed by atoms with van der Waals surface area (Å²) in [6.45, 7) is 3.28. The molecule has 0 saturated heterocycles. The Labute approximate surface area is 169 Å². The molecule has 4 aromatic rings. The van der Waals surface area contributed by atoms with Crippen LogP contribution in [0.15, 0.2) is 48.7 Å². The van der Waals surface area contributed by atoms with Crippen LogP contribution >= 0.6 is 0 Å². The maximum absolute atomic E-state index is 13.7. The van der Waals surface area contributed by atoms with Crippen LogP contribution in [-0.4, -0.2) is 25.9 Å². The van der Waals surface area contributed by atoms with Gasteiger partial charge in [-0.25, -0.2) is 4.68 Å². The minimum atomic E-state index is -4.57. The molecule has 0 aliphatic rings. The lowest BCUT2D eigenvalue weighted by molar-refractivity contribution is -0.138. The smallest absolute Gasteiger partial charge is 0.348 e. The van der Waals surface area contributed by atoms with Gasteiger partial charge >= 0.3 is 6.18 Å². The van der Waals surface area contributed by atoms with Crippen molar-refractivity contribution in [1.29, 1.82) is 0 Å². The van der Waals surface area contributed by atoms with Crippen LogP contribution in [0.3, 0.4) is 0 Å². The molecule has 4 rings (SSSR count). The molecule has 2 aromatic heterocycles. The average molecular weight is 413 g/mol. The first-order valence-electron chi connectivity index (χ1n) is 9.18. The van der Waals surface area contributed by atoms with Crippen LogP contribution in [0.25, 0.3) is 16.6 Å². The lowest BCUT2D eigenvalue weighted by Gasteiger charge is -2.16. The van der Waals surface area contributed by atoms with Gasteiger partial charge in [0.25, 0.3) is 5.91 Å².